The highest BCUT2D eigenvalue weighted by atomic mass is 32.2. The van der Waals surface area contributed by atoms with Crippen molar-refractivity contribution in [1.29, 1.82) is 0 Å². The zero-order valence-electron chi connectivity index (χ0n) is 11.5. The van der Waals surface area contributed by atoms with Crippen molar-refractivity contribution in [3.8, 4) is 0 Å². The molecule has 0 aromatic rings. The van der Waals surface area contributed by atoms with Crippen LogP contribution in [0.1, 0.15) is 26.7 Å². The van der Waals surface area contributed by atoms with Gasteiger partial charge in [-0.05, 0) is 20.3 Å². The maximum absolute atomic E-state index is 12.0. The van der Waals surface area contributed by atoms with Crippen LogP contribution in [0.5, 0.6) is 0 Å². The molecule has 1 atom stereocenters. The van der Waals surface area contributed by atoms with Crippen LogP contribution in [0.2, 0.25) is 0 Å². The Hall–Kier alpha value is -1.15. The second kappa shape index (κ2) is 7.44. The largest absolute Gasteiger partial charge is 0.481 e. The van der Waals surface area contributed by atoms with Crippen LogP contribution in [-0.4, -0.2) is 60.9 Å². The molecule has 0 aliphatic carbocycles. The van der Waals surface area contributed by atoms with Crippen LogP contribution in [0.15, 0.2) is 0 Å². The van der Waals surface area contributed by atoms with Crippen molar-refractivity contribution >= 4 is 21.7 Å². The molecule has 0 radical (unpaired) electrons. The molecule has 1 unspecified atom stereocenters. The van der Waals surface area contributed by atoms with E-state index >= 15 is 0 Å². The summed E-state index contributed by atoms with van der Waals surface area (Å²) in [6.45, 7) is 3.57. The highest BCUT2D eigenvalue weighted by Crippen LogP contribution is 2.06. The summed E-state index contributed by atoms with van der Waals surface area (Å²) in [4.78, 5) is 23.9. The minimum Gasteiger partial charge on any atom is -0.481 e. The molecule has 0 aliphatic rings. The number of sulfone groups is 1. The molecule has 8 heteroatoms. The van der Waals surface area contributed by atoms with Crippen LogP contribution >= 0.6 is 0 Å². The van der Waals surface area contributed by atoms with E-state index in [-0.39, 0.29) is 31.2 Å². The van der Waals surface area contributed by atoms with Gasteiger partial charge in [-0.3, -0.25) is 9.59 Å². The molecule has 19 heavy (non-hydrogen) atoms. The fraction of sp³-hybridized carbons (Fsp3) is 0.818. The Morgan fingerprint density at radius 2 is 1.84 bits per heavy atom. The zero-order chi connectivity index (χ0) is 15.2. The number of aliphatic carboxylic acids is 1. The fourth-order valence-electron chi connectivity index (χ4n) is 1.52. The van der Waals surface area contributed by atoms with E-state index < -0.39 is 27.8 Å². The molecule has 0 saturated carbocycles. The second-order valence-electron chi connectivity index (χ2n) is 4.79. The standard InChI is InChI=1S/C11H22N2O5S/c1-8(2)13(6-4-10(14)15)11(16)9(12)5-7-19(3,17)18/h8-9H,4-7,12H2,1-3H3,(H,14,15). The summed E-state index contributed by atoms with van der Waals surface area (Å²) < 4.78 is 22.0. The van der Waals surface area contributed by atoms with Crippen molar-refractivity contribution in [2.75, 3.05) is 18.6 Å². The van der Waals surface area contributed by atoms with E-state index in [1.165, 1.54) is 4.90 Å². The first-order valence-corrected chi connectivity index (χ1v) is 8.06. The Morgan fingerprint density at radius 3 is 2.21 bits per heavy atom. The second-order valence-corrected chi connectivity index (χ2v) is 7.05. The third-order valence-electron chi connectivity index (χ3n) is 2.59. The Morgan fingerprint density at radius 1 is 1.32 bits per heavy atom. The topological polar surface area (TPSA) is 118 Å². The Kier molecular flexibility index (Phi) is 6.99. The summed E-state index contributed by atoms with van der Waals surface area (Å²) in [5.74, 6) is -1.58. The number of carboxylic acid groups (broad SMARTS) is 1. The molecule has 0 spiro atoms. The van der Waals surface area contributed by atoms with Crippen molar-refractivity contribution in [3.63, 3.8) is 0 Å². The number of carbonyl (C=O) groups excluding carboxylic acids is 1. The molecule has 0 heterocycles. The van der Waals surface area contributed by atoms with Crippen LogP contribution in [0.3, 0.4) is 0 Å². The smallest absolute Gasteiger partial charge is 0.305 e. The van der Waals surface area contributed by atoms with E-state index in [0.717, 1.165) is 6.26 Å². The molecule has 0 saturated heterocycles. The lowest BCUT2D eigenvalue weighted by molar-refractivity contribution is -0.139. The maximum atomic E-state index is 12.0. The quantitative estimate of drug-likeness (QED) is 0.621. The molecule has 1 amide bonds. The number of hydrogen-bond donors (Lipinski definition) is 2. The van der Waals surface area contributed by atoms with Crippen molar-refractivity contribution in [2.45, 2.75) is 38.8 Å². The highest BCUT2D eigenvalue weighted by molar-refractivity contribution is 7.90. The summed E-state index contributed by atoms with van der Waals surface area (Å²) in [5, 5.41) is 8.63. The Labute approximate surface area is 113 Å². The van der Waals surface area contributed by atoms with Crippen LogP contribution in [0, 0.1) is 0 Å². The summed E-state index contributed by atoms with van der Waals surface area (Å²) in [6, 6.07) is -1.11. The Balaban J connectivity index is 4.57. The van der Waals surface area contributed by atoms with Crippen LogP contribution in [0.4, 0.5) is 0 Å². The van der Waals surface area contributed by atoms with Crippen molar-refractivity contribution < 1.29 is 23.1 Å². The molecule has 0 bridgehead atoms. The zero-order valence-corrected chi connectivity index (χ0v) is 12.3. The molecule has 0 aliphatic heterocycles. The number of hydrogen-bond acceptors (Lipinski definition) is 5. The van der Waals surface area contributed by atoms with Gasteiger partial charge in [-0.1, -0.05) is 0 Å². The van der Waals surface area contributed by atoms with Gasteiger partial charge >= 0.3 is 5.97 Å². The minimum absolute atomic E-state index is 0.0357. The average Bonchev–Trinajstić information content (AvgIpc) is 2.23. The minimum atomic E-state index is -3.17. The van der Waals surface area contributed by atoms with Crippen molar-refractivity contribution in [3.05, 3.63) is 0 Å². The van der Waals surface area contributed by atoms with Gasteiger partial charge in [0.2, 0.25) is 5.91 Å². The van der Waals surface area contributed by atoms with E-state index in [1.54, 1.807) is 13.8 Å². The SMILES string of the molecule is CC(C)N(CCC(=O)O)C(=O)C(N)CCS(C)(=O)=O. The number of nitrogens with zero attached hydrogens (tertiary/aromatic N) is 1. The highest BCUT2D eigenvalue weighted by Gasteiger charge is 2.24. The molecule has 0 aromatic carbocycles. The summed E-state index contributed by atoms with van der Waals surface area (Å²) in [6.07, 6.45) is 0.950. The van der Waals surface area contributed by atoms with E-state index in [1.807, 2.05) is 0 Å². The van der Waals surface area contributed by atoms with Gasteiger partial charge in [0.05, 0.1) is 18.2 Å². The predicted octanol–water partition coefficient (Wildman–Crippen LogP) is -0.540. The monoisotopic (exact) mass is 294 g/mol. The maximum Gasteiger partial charge on any atom is 0.305 e. The Bertz CT molecular complexity index is 419. The van der Waals surface area contributed by atoms with Gasteiger partial charge in [0.25, 0.3) is 0 Å². The first kappa shape index (κ1) is 17.8. The summed E-state index contributed by atoms with van der Waals surface area (Å²) in [7, 11) is -3.17. The predicted molar refractivity (Wildman–Crippen MR) is 71.4 cm³/mol. The molecule has 0 fully saturated rings. The van der Waals surface area contributed by atoms with E-state index in [2.05, 4.69) is 0 Å². The first-order valence-electron chi connectivity index (χ1n) is 6.00. The summed E-state index contributed by atoms with van der Waals surface area (Å²) >= 11 is 0. The lowest BCUT2D eigenvalue weighted by Gasteiger charge is -2.28. The van der Waals surface area contributed by atoms with Gasteiger partial charge < -0.3 is 15.7 Å². The van der Waals surface area contributed by atoms with E-state index in [0.29, 0.717) is 0 Å². The number of carbonyl (C=O) groups is 2. The number of carboxylic acids is 1. The molecular weight excluding hydrogens is 272 g/mol. The number of nitrogens with two attached hydrogens (primary N) is 1. The van der Waals surface area contributed by atoms with Crippen LogP contribution < -0.4 is 5.73 Å². The lowest BCUT2D eigenvalue weighted by atomic mass is 10.1. The first-order chi connectivity index (χ1) is 8.54. The van der Waals surface area contributed by atoms with Gasteiger partial charge in [-0.25, -0.2) is 8.42 Å². The molecule has 3 N–H and O–H groups in total. The van der Waals surface area contributed by atoms with Gasteiger partial charge in [0.1, 0.15) is 9.84 Å². The van der Waals surface area contributed by atoms with Crippen LogP contribution in [0.25, 0.3) is 0 Å². The molecule has 0 aromatic heterocycles. The van der Waals surface area contributed by atoms with Gasteiger partial charge in [0.15, 0.2) is 0 Å². The molecule has 112 valence electrons. The number of amides is 1. The molecular formula is C11H22N2O5S. The molecule has 7 nitrogen and oxygen atoms in total. The molecule has 0 rings (SSSR count). The summed E-state index contributed by atoms with van der Waals surface area (Å²) in [5.41, 5.74) is 5.67. The fourth-order valence-corrected chi connectivity index (χ4v) is 2.20. The van der Waals surface area contributed by atoms with E-state index in [4.69, 9.17) is 10.8 Å². The lowest BCUT2D eigenvalue weighted by Crippen LogP contribution is -2.48. The van der Waals surface area contributed by atoms with Gasteiger partial charge in [-0.15, -0.1) is 0 Å². The normalized spacial score (nSPS) is 13.3. The van der Waals surface area contributed by atoms with Gasteiger partial charge in [-0.2, -0.15) is 0 Å². The van der Waals surface area contributed by atoms with Gasteiger partial charge in [0, 0.05) is 18.8 Å². The van der Waals surface area contributed by atoms with Crippen molar-refractivity contribution in [1.82, 2.24) is 4.90 Å². The van der Waals surface area contributed by atoms with E-state index in [9.17, 15) is 18.0 Å². The average molecular weight is 294 g/mol. The third kappa shape index (κ3) is 7.78. The third-order valence-corrected chi connectivity index (χ3v) is 3.57. The number of rotatable bonds is 8. The van der Waals surface area contributed by atoms with Crippen LogP contribution in [-0.2, 0) is 19.4 Å². The van der Waals surface area contributed by atoms with Crippen molar-refractivity contribution in [2.24, 2.45) is 5.73 Å².